The van der Waals surface area contributed by atoms with Crippen LogP contribution in [0, 0.1) is 0 Å². The standard InChI is InChI=1S/C19H18ClN3O3S2/c20-16-3-1-2-4-18(16)28(24,25)22-15-7-5-14(6-8-15)17-13-27-19(21-17)23-9-11-26-12-10-23/h1-8,13,22H,9-12H2. The van der Waals surface area contributed by atoms with Gasteiger partial charge in [0.05, 0.1) is 23.9 Å². The largest absolute Gasteiger partial charge is 0.378 e. The lowest BCUT2D eigenvalue weighted by atomic mass is 10.1. The number of nitrogens with one attached hydrogen (secondary N) is 1. The summed E-state index contributed by atoms with van der Waals surface area (Å²) in [6.07, 6.45) is 0. The van der Waals surface area contributed by atoms with Gasteiger partial charge in [0.25, 0.3) is 10.0 Å². The number of sulfonamides is 1. The average molecular weight is 436 g/mol. The number of nitrogens with zero attached hydrogens (tertiary/aromatic N) is 2. The first-order valence-electron chi connectivity index (χ1n) is 8.69. The van der Waals surface area contributed by atoms with E-state index < -0.39 is 10.0 Å². The SMILES string of the molecule is O=S(=O)(Nc1ccc(-c2csc(N3CCOCC3)n2)cc1)c1ccccc1Cl. The highest BCUT2D eigenvalue weighted by molar-refractivity contribution is 7.92. The van der Waals surface area contributed by atoms with Gasteiger partial charge >= 0.3 is 0 Å². The molecule has 0 saturated carbocycles. The summed E-state index contributed by atoms with van der Waals surface area (Å²) in [5.41, 5.74) is 2.26. The quantitative estimate of drug-likeness (QED) is 0.653. The van der Waals surface area contributed by atoms with Gasteiger partial charge in [-0.15, -0.1) is 11.3 Å². The molecule has 1 aromatic heterocycles. The molecule has 1 N–H and O–H groups in total. The van der Waals surface area contributed by atoms with Crippen LogP contribution in [0.3, 0.4) is 0 Å². The van der Waals surface area contributed by atoms with Crippen molar-refractivity contribution in [2.24, 2.45) is 0 Å². The number of hydrogen-bond donors (Lipinski definition) is 1. The van der Waals surface area contributed by atoms with Gasteiger partial charge in [-0.2, -0.15) is 0 Å². The first-order valence-corrected chi connectivity index (χ1v) is 11.4. The maximum absolute atomic E-state index is 12.5. The minimum Gasteiger partial charge on any atom is -0.378 e. The van der Waals surface area contributed by atoms with Crippen LogP contribution in [0.5, 0.6) is 0 Å². The molecule has 2 aromatic carbocycles. The van der Waals surface area contributed by atoms with Crippen LogP contribution >= 0.6 is 22.9 Å². The van der Waals surface area contributed by atoms with Crippen molar-refractivity contribution in [3.8, 4) is 11.3 Å². The van der Waals surface area contributed by atoms with Gasteiger partial charge in [-0.25, -0.2) is 13.4 Å². The smallest absolute Gasteiger partial charge is 0.263 e. The predicted octanol–water partition coefficient (Wildman–Crippen LogP) is 4.10. The van der Waals surface area contributed by atoms with Crippen molar-refractivity contribution in [3.05, 3.63) is 58.9 Å². The number of morpholine rings is 1. The molecule has 6 nitrogen and oxygen atoms in total. The van der Waals surface area contributed by atoms with Gasteiger partial charge in [0.2, 0.25) is 0 Å². The fourth-order valence-electron chi connectivity index (χ4n) is 2.88. The zero-order valence-corrected chi connectivity index (χ0v) is 17.2. The van der Waals surface area contributed by atoms with E-state index in [2.05, 4.69) is 9.62 Å². The second kappa shape index (κ2) is 8.08. The molecule has 0 bridgehead atoms. The Labute approximate surface area is 172 Å². The van der Waals surface area contributed by atoms with Crippen molar-refractivity contribution in [2.45, 2.75) is 4.90 Å². The third kappa shape index (κ3) is 4.15. The molecule has 1 aliphatic rings. The Morgan fingerprint density at radius 2 is 1.79 bits per heavy atom. The molecule has 1 aliphatic heterocycles. The molecule has 1 saturated heterocycles. The summed E-state index contributed by atoms with van der Waals surface area (Å²) in [6.45, 7) is 3.12. The maximum Gasteiger partial charge on any atom is 0.263 e. The first kappa shape index (κ1) is 19.2. The number of halogens is 1. The summed E-state index contributed by atoms with van der Waals surface area (Å²) in [5, 5.41) is 3.17. The molecule has 3 aromatic rings. The van der Waals surface area contributed by atoms with Crippen molar-refractivity contribution in [1.82, 2.24) is 4.98 Å². The van der Waals surface area contributed by atoms with Crippen LogP contribution in [0.25, 0.3) is 11.3 Å². The van der Waals surface area contributed by atoms with Gasteiger partial charge in [-0.1, -0.05) is 35.9 Å². The van der Waals surface area contributed by atoms with E-state index in [-0.39, 0.29) is 9.92 Å². The number of ether oxygens (including phenoxy) is 1. The summed E-state index contributed by atoms with van der Waals surface area (Å²) >= 11 is 7.61. The Balaban J connectivity index is 1.50. The number of thiazole rings is 1. The van der Waals surface area contributed by atoms with Crippen molar-refractivity contribution in [3.63, 3.8) is 0 Å². The van der Waals surface area contributed by atoms with E-state index in [0.717, 1.165) is 42.7 Å². The summed E-state index contributed by atoms with van der Waals surface area (Å²) < 4.78 is 33.0. The van der Waals surface area contributed by atoms with Gasteiger partial charge in [-0.3, -0.25) is 4.72 Å². The van der Waals surface area contributed by atoms with Crippen LogP contribution in [0.1, 0.15) is 0 Å². The van der Waals surface area contributed by atoms with Crippen molar-refractivity contribution >= 4 is 43.8 Å². The van der Waals surface area contributed by atoms with Crippen molar-refractivity contribution in [2.75, 3.05) is 35.9 Å². The van der Waals surface area contributed by atoms with Crippen LogP contribution in [-0.4, -0.2) is 39.7 Å². The van der Waals surface area contributed by atoms with Crippen molar-refractivity contribution in [1.29, 1.82) is 0 Å². The fourth-order valence-corrected chi connectivity index (χ4v) is 5.35. The molecule has 0 atom stereocenters. The normalized spacial score (nSPS) is 14.8. The molecule has 9 heteroatoms. The third-order valence-corrected chi connectivity index (χ3v) is 7.12. The molecule has 1 fully saturated rings. The lowest BCUT2D eigenvalue weighted by Crippen LogP contribution is -2.36. The lowest BCUT2D eigenvalue weighted by molar-refractivity contribution is 0.122. The topological polar surface area (TPSA) is 71.5 Å². The lowest BCUT2D eigenvalue weighted by Gasteiger charge is -2.26. The number of rotatable bonds is 5. The highest BCUT2D eigenvalue weighted by Crippen LogP contribution is 2.29. The van der Waals surface area contributed by atoms with Gasteiger partial charge < -0.3 is 9.64 Å². The minimum absolute atomic E-state index is 0.0513. The summed E-state index contributed by atoms with van der Waals surface area (Å²) in [4.78, 5) is 6.96. The van der Waals surface area contributed by atoms with Gasteiger partial charge in [0.1, 0.15) is 4.90 Å². The van der Waals surface area contributed by atoms with E-state index in [0.29, 0.717) is 5.69 Å². The summed E-state index contributed by atoms with van der Waals surface area (Å²) in [7, 11) is -3.75. The monoisotopic (exact) mass is 435 g/mol. The van der Waals surface area contributed by atoms with Crippen LogP contribution in [-0.2, 0) is 14.8 Å². The molecule has 0 amide bonds. The highest BCUT2D eigenvalue weighted by atomic mass is 35.5. The Hall–Kier alpha value is -2.13. The number of benzene rings is 2. The second-order valence-electron chi connectivity index (χ2n) is 6.23. The average Bonchev–Trinajstić information content (AvgIpc) is 3.19. The molecule has 0 aliphatic carbocycles. The number of aromatic nitrogens is 1. The van der Waals surface area contributed by atoms with Gasteiger partial charge in [-0.05, 0) is 24.3 Å². The zero-order valence-electron chi connectivity index (χ0n) is 14.8. The van der Waals surface area contributed by atoms with Crippen molar-refractivity contribution < 1.29 is 13.2 Å². The number of anilines is 2. The molecule has 0 unspecified atom stereocenters. The molecule has 0 radical (unpaired) electrons. The minimum atomic E-state index is -3.75. The summed E-state index contributed by atoms with van der Waals surface area (Å²) in [6, 6.07) is 13.5. The molecule has 4 rings (SSSR count). The first-order chi connectivity index (χ1) is 13.5. The molecule has 2 heterocycles. The molecule has 28 heavy (non-hydrogen) atoms. The van der Waals surface area contributed by atoms with E-state index in [9.17, 15) is 8.42 Å². The van der Waals surface area contributed by atoms with E-state index in [1.54, 1.807) is 41.7 Å². The van der Waals surface area contributed by atoms with Gasteiger partial charge in [0.15, 0.2) is 5.13 Å². The Bertz CT molecular complexity index is 1060. The van der Waals surface area contributed by atoms with E-state index in [4.69, 9.17) is 21.3 Å². The Kier molecular flexibility index (Phi) is 5.54. The Morgan fingerprint density at radius 3 is 2.50 bits per heavy atom. The second-order valence-corrected chi connectivity index (χ2v) is 9.12. The van der Waals surface area contributed by atoms with E-state index >= 15 is 0 Å². The summed E-state index contributed by atoms with van der Waals surface area (Å²) in [5.74, 6) is 0. The molecule has 0 spiro atoms. The number of hydrogen-bond acceptors (Lipinski definition) is 6. The van der Waals surface area contributed by atoms with Gasteiger partial charge in [0, 0.05) is 29.7 Å². The zero-order chi connectivity index (χ0) is 19.6. The molecule has 146 valence electrons. The molecular formula is C19H18ClN3O3S2. The Morgan fingerprint density at radius 1 is 1.07 bits per heavy atom. The van der Waals surface area contributed by atoms with E-state index in [1.165, 1.54) is 6.07 Å². The maximum atomic E-state index is 12.5. The molecular weight excluding hydrogens is 418 g/mol. The van der Waals surface area contributed by atoms with Crippen LogP contribution < -0.4 is 9.62 Å². The van der Waals surface area contributed by atoms with Crippen LogP contribution in [0.2, 0.25) is 5.02 Å². The third-order valence-electron chi connectivity index (χ3n) is 4.33. The predicted molar refractivity (Wildman–Crippen MR) is 113 cm³/mol. The fraction of sp³-hybridized carbons (Fsp3) is 0.211. The highest BCUT2D eigenvalue weighted by Gasteiger charge is 2.18. The van der Waals surface area contributed by atoms with E-state index in [1.807, 2.05) is 17.5 Å². The van der Waals surface area contributed by atoms with Crippen LogP contribution in [0.15, 0.2) is 58.8 Å². The van der Waals surface area contributed by atoms with Crippen LogP contribution in [0.4, 0.5) is 10.8 Å².